The fraction of sp³-hybridized carbons (Fsp3) is 0.400. The maximum absolute atomic E-state index is 13.1. The van der Waals surface area contributed by atoms with Crippen LogP contribution in [-0.2, 0) is 16.6 Å². The normalized spacial score (nSPS) is 14.5. The highest BCUT2D eigenvalue weighted by Crippen LogP contribution is 2.25. The van der Waals surface area contributed by atoms with Crippen molar-refractivity contribution < 1.29 is 22.1 Å². The van der Waals surface area contributed by atoms with Crippen molar-refractivity contribution in [3.05, 3.63) is 53.3 Å². The smallest absolute Gasteiger partial charge is 0.422 e. The molecule has 1 aromatic carbocycles. The molecule has 0 spiro atoms. The van der Waals surface area contributed by atoms with Crippen molar-refractivity contribution >= 4 is 21.5 Å². The van der Waals surface area contributed by atoms with Crippen LogP contribution in [0.4, 0.5) is 18.9 Å². The summed E-state index contributed by atoms with van der Waals surface area (Å²) >= 11 is 0. The summed E-state index contributed by atoms with van der Waals surface area (Å²) in [5, 5.41) is 3.48. The molecule has 29 heavy (non-hydrogen) atoms. The van der Waals surface area contributed by atoms with Crippen LogP contribution < -0.4 is 10.1 Å². The lowest BCUT2D eigenvalue weighted by Crippen LogP contribution is -2.34. The Morgan fingerprint density at radius 2 is 1.97 bits per heavy atom. The number of rotatable bonds is 7. The molecule has 0 radical (unpaired) electrons. The lowest BCUT2D eigenvalue weighted by Gasteiger charge is -2.16. The summed E-state index contributed by atoms with van der Waals surface area (Å²) in [6, 6.07) is 8.60. The molecule has 1 heterocycles. The minimum atomic E-state index is -4.44. The van der Waals surface area contributed by atoms with Gasteiger partial charge in [-0.2, -0.15) is 13.2 Å². The molecule has 0 amide bonds. The molecule has 5 nitrogen and oxygen atoms in total. The van der Waals surface area contributed by atoms with Crippen LogP contribution >= 0.6 is 0 Å². The number of para-hydroxylation sites is 1. The molecular formula is C20H24F3N3O2S. The van der Waals surface area contributed by atoms with Crippen molar-refractivity contribution in [2.24, 2.45) is 4.99 Å². The molecule has 9 heteroatoms. The number of halogens is 3. The lowest BCUT2D eigenvalue weighted by atomic mass is 10.2. The summed E-state index contributed by atoms with van der Waals surface area (Å²) in [7, 11) is 0.201. The first-order valence-corrected chi connectivity index (χ1v) is 10.3. The van der Waals surface area contributed by atoms with E-state index >= 15 is 0 Å². The first-order valence-electron chi connectivity index (χ1n) is 8.96. The van der Waals surface area contributed by atoms with E-state index in [0.717, 1.165) is 5.56 Å². The quantitative estimate of drug-likeness (QED) is 0.531. The van der Waals surface area contributed by atoms with Gasteiger partial charge < -0.3 is 10.1 Å². The zero-order chi connectivity index (χ0) is 21.6. The molecule has 0 saturated heterocycles. The topological polar surface area (TPSA) is 63.6 Å². The molecule has 0 aliphatic carbocycles. The van der Waals surface area contributed by atoms with Gasteiger partial charge in [-0.3, -0.25) is 9.19 Å². The van der Waals surface area contributed by atoms with Crippen LogP contribution in [0.25, 0.3) is 0 Å². The number of nitrogens with one attached hydrogen (secondary N) is 1. The summed E-state index contributed by atoms with van der Waals surface area (Å²) in [4.78, 5) is 8.78. The number of hydrogen-bond acceptors (Lipinski definition) is 5. The molecule has 0 aliphatic heterocycles. The highest BCUT2D eigenvalue weighted by atomic mass is 32.2. The Balaban J connectivity index is 2.29. The molecule has 158 valence electrons. The first-order chi connectivity index (χ1) is 13.6. The van der Waals surface area contributed by atoms with E-state index in [2.05, 4.69) is 15.3 Å². The Kier molecular flexibility index (Phi) is 7.92. The Bertz CT molecular complexity index is 901. The molecule has 1 N–H and O–H groups in total. The highest BCUT2D eigenvalue weighted by Gasteiger charge is 2.29. The van der Waals surface area contributed by atoms with E-state index in [1.807, 2.05) is 38.1 Å². The molecule has 0 aliphatic rings. The van der Waals surface area contributed by atoms with E-state index in [0.29, 0.717) is 22.0 Å². The van der Waals surface area contributed by atoms with E-state index in [-0.39, 0.29) is 17.5 Å². The fourth-order valence-electron chi connectivity index (χ4n) is 2.49. The van der Waals surface area contributed by atoms with Gasteiger partial charge in [0.05, 0.1) is 34.0 Å². The highest BCUT2D eigenvalue weighted by molar-refractivity contribution is 8.00. The van der Waals surface area contributed by atoms with Crippen molar-refractivity contribution in [3.8, 4) is 5.75 Å². The van der Waals surface area contributed by atoms with Gasteiger partial charge in [0.2, 0.25) is 0 Å². The number of benzene rings is 1. The summed E-state index contributed by atoms with van der Waals surface area (Å²) in [5.41, 5.74) is 2.49. The van der Waals surface area contributed by atoms with Crippen LogP contribution in [0.2, 0.25) is 0 Å². The Labute approximate surface area is 170 Å². The van der Waals surface area contributed by atoms with Gasteiger partial charge in [-0.15, -0.1) is 0 Å². The van der Waals surface area contributed by atoms with E-state index in [9.17, 15) is 17.4 Å². The zero-order valence-electron chi connectivity index (χ0n) is 16.7. The number of aliphatic imine (C=N–C) groups is 1. The Morgan fingerprint density at radius 1 is 1.28 bits per heavy atom. The number of alkyl halides is 3. The second kappa shape index (κ2) is 9.98. The molecule has 1 aromatic heterocycles. The summed E-state index contributed by atoms with van der Waals surface area (Å²) in [6.07, 6.45) is -3.08. The van der Waals surface area contributed by atoms with Crippen LogP contribution in [-0.4, -0.2) is 40.1 Å². The third-order valence-electron chi connectivity index (χ3n) is 4.30. The molecule has 2 unspecified atom stereocenters. The van der Waals surface area contributed by atoms with Gasteiger partial charge in [-0.05, 0) is 45.5 Å². The molecular weight excluding hydrogens is 403 g/mol. The van der Waals surface area contributed by atoms with Crippen molar-refractivity contribution in [2.45, 2.75) is 38.7 Å². The van der Waals surface area contributed by atoms with Crippen molar-refractivity contribution in [3.63, 3.8) is 0 Å². The van der Waals surface area contributed by atoms with Gasteiger partial charge in [0.25, 0.3) is 0 Å². The molecule has 0 bridgehead atoms. The molecule has 2 atom stereocenters. The third-order valence-corrected chi connectivity index (χ3v) is 5.75. The predicted molar refractivity (Wildman–Crippen MR) is 109 cm³/mol. The molecule has 2 rings (SSSR count). The Morgan fingerprint density at radius 3 is 2.59 bits per heavy atom. The van der Waals surface area contributed by atoms with Crippen molar-refractivity contribution in [1.82, 2.24) is 10.3 Å². The zero-order valence-corrected chi connectivity index (χ0v) is 17.5. The van der Waals surface area contributed by atoms with Gasteiger partial charge in [0.1, 0.15) is 10.8 Å². The van der Waals surface area contributed by atoms with E-state index in [1.165, 1.54) is 12.3 Å². The maximum atomic E-state index is 13.1. The summed E-state index contributed by atoms with van der Waals surface area (Å²) < 4.78 is 55.3. The number of aromatic nitrogens is 1. The fourth-order valence-corrected chi connectivity index (χ4v) is 3.89. The van der Waals surface area contributed by atoms with Crippen LogP contribution in [0.3, 0.4) is 0 Å². The summed E-state index contributed by atoms with van der Waals surface area (Å²) in [5.74, 6) is 0.0922. The molecule has 0 fully saturated rings. The first kappa shape index (κ1) is 23.0. The summed E-state index contributed by atoms with van der Waals surface area (Å²) in [6.45, 7) is 3.97. The Hall–Kier alpha value is -2.26. The molecule has 2 aromatic rings. The lowest BCUT2D eigenvalue weighted by molar-refractivity contribution is -0.153. The van der Waals surface area contributed by atoms with Gasteiger partial charge in [0.15, 0.2) is 6.61 Å². The van der Waals surface area contributed by atoms with E-state index < -0.39 is 23.6 Å². The minimum Gasteiger partial charge on any atom is -0.484 e. The SMILES string of the molecule is CNC(C)C(=Nc1ccccc1C)S(=O)Cc1nccc(OCC(F)(F)F)c1C. The van der Waals surface area contributed by atoms with Crippen molar-refractivity contribution in [1.29, 1.82) is 0 Å². The van der Waals surface area contributed by atoms with Gasteiger partial charge in [-0.25, -0.2) is 4.99 Å². The van der Waals surface area contributed by atoms with Crippen LogP contribution in [0.5, 0.6) is 5.75 Å². The standard InChI is InChI=1S/C20H24F3N3O2S/c1-13-7-5-6-8-16(13)26-19(15(3)24-4)29(27)11-17-14(2)18(9-10-25-17)28-12-20(21,22)23/h5-10,15,24H,11-12H2,1-4H3. The average molecular weight is 427 g/mol. The van der Waals surface area contributed by atoms with Crippen LogP contribution in [0.1, 0.15) is 23.7 Å². The predicted octanol–water partition coefficient (Wildman–Crippen LogP) is 4.23. The van der Waals surface area contributed by atoms with E-state index in [4.69, 9.17) is 4.74 Å². The largest absolute Gasteiger partial charge is 0.484 e. The van der Waals surface area contributed by atoms with Gasteiger partial charge in [0, 0.05) is 11.8 Å². The second-order valence-corrected chi connectivity index (χ2v) is 7.92. The second-order valence-electron chi connectivity index (χ2n) is 6.52. The minimum absolute atomic E-state index is 0.0196. The van der Waals surface area contributed by atoms with Crippen LogP contribution in [0, 0.1) is 13.8 Å². The number of aryl methyl sites for hydroxylation is 1. The van der Waals surface area contributed by atoms with E-state index in [1.54, 1.807) is 14.0 Å². The number of ether oxygens (including phenoxy) is 1. The maximum Gasteiger partial charge on any atom is 0.422 e. The van der Waals surface area contributed by atoms with Gasteiger partial charge in [-0.1, -0.05) is 18.2 Å². The van der Waals surface area contributed by atoms with Gasteiger partial charge >= 0.3 is 6.18 Å². The number of hydrogen-bond donors (Lipinski definition) is 1. The monoisotopic (exact) mass is 427 g/mol. The third kappa shape index (κ3) is 6.64. The molecule has 0 saturated carbocycles. The van der Waals surface area contributed by atoms with Crippen molar-refractivity contribution in [2.75, 3.05) is 13.7 Å². The van der Waals surface area contributed by atoms with Crippen LogP contribution in [0.15, 0.2) is 41.5 Å². The number of pyridine rings is 1. The number of nitrogens with zero attached hydrogens (tertiary/aromatic N) is 2. The average Bonchev–Trinajstić information content (AvgIpc) is 2.66.